The van der Waals surface area contributed by atoms with Crippen molar-refractivity contribution in [2.24, 2.45) is 0 Å². The second-order valence-corrected chi connectivity index (χ2v) is 7.72. The molecule has 1 N–H and O–H groups in total. The third-order valence-electron chi connectivity index (χ3n) is 4.30. The highest BCUT2D eigenvalue weighted by atomic mass is 35.5. The summed E-state index contributed by atoms with van der Waals surface area (Å²) >= 11 is 7.22. The van der Waals surface area contributed by atoms with Gasteiger partial charge in [0.05, 0.1) is 30.4 Å². The Balaban J connectivity index is 1.92. The molecule has 0 aliphatic heterocycles. The van der Waals surface area contributed by atoms with Crippen molar-refractivity contribution in [3.8, 4) is 0 Å². The van der Waals surface area contributed by atoms with Crippen molar-refractivity contribution in [2.45, 2.75) is 33.7 Å². The molecular formula is C18H19ClN4O4S. The van der Waals surface area contributed by atoms with E-state index >= 15 is 0 Å². The number of carbonyl (C=O) groups is 2. The van der Waals surface area contributed by atoms with Crippen LogP contribution in [-0.2, 0) is 17.7 Å². The highest BCUT2D eigenvalue weighted by molar-refractivity contribution is 7.16. The van der Waals surface area contributed by atoms with Gasteiger partial charge in [0, 0.05) is 16.6 Å². The monoisotopic (exact) mass is 422 g/mol. The van der Waals surface area contributed by atoms with Crippen LogP contribution in [0.15, 0.2) is 16.9 Å². The molecule has 0 bridgehead atoms. The molecule has 1 amide bonds. The molecule has 3 rings (SSSR count). The van der Waals surface area contributed by atoms with Crippen LogP contribution >= 0.6 is 22.9 Å². The Kier molecular flexibility index (Phi) is 5.85. The minimum absolute atomic E-state index is 0.129. The minimum atomic E-state index is -0.487. The van der Waals surface area contributed by atoms with E-state index in [2.05, 4.69) is 15.6 Å². The van der Waals surface area contributed by atoms with Gasteiger partial charge >= 0.3 is 5.97 Å². The second-order valence-electron chi connectivity index (χ2n) is 6.06. The smallest absolute Gasteiger partial charge is 0.341 e. The number of hydrogen-bond acceptors (Lipinski definition) is 7. The van der Waals surface area contributed by atoms with E-state index in [0.717, 1.165) is 10.4 Å². The van der Waals surface area contributed by atoms with E-state index in [1.54, 1.807) is 17.8 Å². The van der Waals surface area contributed by atoms with Crippen molar-refractivity contribution in [2.75, 3.05) is 12.4 Å². The molecule has 10 heteroatoms. The normalized spacial score (nSPS) is 10.9. The predicted molar refractivity (Wildman–Crippen MR) is 105 cm³/mol. The molecule has 0 fully saturated rings. The Morgan fingerprint density at radius 3 is 2.71 bits per heavy atom. The highest BCUT2D eigenvalue weighted by Crippen LogP contribution is 2.34. The minimum Gasteiger partial charge on any atom is -0.465 e. The van der Waals surface area contributed by atoms with E-state index < -0.39 is 11.9 Å². The van der Waals surface area contributed by atoms with Gasteiger partial charge in [-0.15, -0.1) is 11.3 Å². The number of halogens is 1. The lowest BCUT2D eigenvalue weighted by atomic mass is 10.1. The number of hydrogen-bond donors (Lipinski definition) is 1. The van der Waals surface area contributed by atoms with Crippen LogP contribution in [0.25, 0.3) is 0 Å². The zero-order chi connectivity index (χ0) is 20.4. The van der Waals surface area contributed by atoms with Gasteiger partial charge < -0.3 is 14.6 Å². The van der Waals surface area contributed by atoms with Crippen molar-refractivity contribution in [3.63, 3.8) is 0 Å². The average Bonchev–Trinajstić information content (AvgIpc) is 3.32. The number of methoxy groups -OCH3 is 1. The Hall–Kier alpha value is -2.65. The summed E-state index contributed by atoms with van der Waals surface area (Å²) in [4.78, 5) is 26.1. The van der Waals surface area contributed by atoms with Gasteiger partial charge in [-0.2, -0.15) is 5.10 Å². The van der Waals surface area contributed by atoms with Crippen LogP contribution in [0.2, 0.25) is 5.02 Å². The molecule has 0 aromatic carbocycles. The van der Waals surface area contributed by atoms with Crippen molar-refractivity contribution in [1.82, 2.24) is 14.9 Å². The molecule has 0 aliphatic carbocycles. The Labute approximate surface area is 170 Å². The number of rotatable bonds is 6. The summed E-state index contributed by atoms with van der Waals surface area (Å²) in [6.07, 6.45) is 3.80. The van der Waals surface area contributed by atoms with E-state index in [4.69, 9.17) is 20.9 Å². The molecular weight excluding hydrogens is 404 g/mol. The quantitative estimate of drug-likeness (QED) is 0.605. The maximum atomic E-state index is 12.9. The molecule has 3 aromatic rings. The number of aryl methyl sites for hydroxylation is 2. The summed E-state index contributed by atoms with van der Waals surface area (Å²) in [5.74, 6) is -0.458. The molecule has 3 heterocycles. The Morgan fingerprint density at radius 1 is 1.36 bits per heavy atom. The highest BCUT2D eigenvalue weighted by Gasteiger charge is 2.26. The van der Waals surface area contributed by atoms with Crippen LogP contribution < -0.4 is 5.32 Å². The summed E-state index contributed by atoms with van der Waals surface area (Å²) in [5.41, 5.74) is 1.95. The molecule has 0 saturated carbocycles. The Morgan fingerprint density at radius 2 is 2.11 bits per heavy atom. The summed E-state index contributed by atoms with van der Waals surface area (Å²) in [7, 11) is 1.31. The molecule has 3 aromatic heterocycles. The first-order chi connectivity index (χ1) is 13.3. The van der Waals surface area contributed by atoms with Crippen molar-refractivity contribution < 1.29 is 18.8 Å². The molecule has 148 valence electrons. The maximum Gasteiger partial charge on any atom is 0.341 e. The fraction of sp³-hybridized carbons (Fsp3) is 0.333. The summed E-state index contributed by atoms with van der Waals surface area (Å²) in [6, 6.07) is 0. The third kappa shape index (κ3) is 3.81. The van der Waals surface area contributed by atoms with Crippen LogP contribution in [-0.4, -0.2) is 33.9 Å². The standard InChI is InChI=1S/C18H19ClN4O4S/c1-5-12-10(3)28-17(14(12)18(25)26-4)21-16(24)15-13(9(2)27-22-15)8-23-7-11(19)6-20-23/h6-7H,5,8H2,1-4H3,(H,21,24). The average molecular weight is 423 g/mol. The first kappa shape index (κ1) is 20.1. The lowest BCUT2D eigenvalue weighted by Crippen LogP contribution is -2.17. The van der Waals surface area contributed by atoms with Gasteiger partial charge in [0.25, 0.3) is 5.91 Å². The van der Waals surface area contributed by atoms with Crippen LogP contribution in [0.4, 0.5) is 5.00 Å². The molecule has 0 aliphatic rings. The number of esters is 1. The number of amides is 1. The number of ether oxygens (including phenoxy) is 1. The van der Waals surface area contributed by atoms with Crippen molar-refractivity contribution >= 4 is 39.8 Å². The molecule has 28 heavy (non-hydrogen) atoms. The third-order valence-corrected chi connectivity index (χ3v) is 5.56. The van der Waals surface area contributed by atoms with E-state index in [0.29, 0.717) is 33.3 Å². The van der Waals surface area contributed by atoms with Crippen LogP contribution in [0.5, 0.6) is 0 Å². The van der Waals surface area contributed by atoms with E-state index in [1.165, 1.54) is 24.6 Å². The van der Waals surface area contributed by atoms with E-state index in [9.17, 15) is 9.59 Å². The first-order valence-electron chi connectivity index (χ1n) is 8.50. The van der Waals surface area contributed by atoms with Crippen LogP contribution in [0.1, 0.15) is 49.5 Å². The number of anilines is 1. The van der Waals surface area contributed by atoms with Crippen molar-refractivity contribution in [1.29, 1.82) is 0 Å². The molecule has 0 atom stereocenters. The number of thiophene rings is 1. The van der Waals surface area contributed by atoms with Gasteiger partial charge in [0.2, 0.25) is 0 Å². The predicted octanol–water partition coefficient (Wildman–Crippen LogP) is 3.85. The fourth-order valence-corrected chi connectivity index (χ4v) is 4.20. The zero-order valence-corrected chi connectivity index (χ0v) is 17.4. The summed E-state index contributed by atoms with van der Waals surface area (Å²) < 4.78 is 11.7. The lowest BCUT2D eigenvalue weighted by molar-refractivity contribution is 0.0601. The van der Waals surface area contributed by atoms with Gasteiger partial charge in [-0.3, -0.25) is 9.48 Å². The first-order valence-corrected chi connectivity index (χ1v) is 9.70. The molecule has 0 saturated heterocycles. The summed E-state index contributed by atoms with van der Waals surface area (Å²) in [6.45, 7) is 5.84. The number of aromatic nitrogens is 3. The van der Waals surface area contributed by atoms with Gasteiger partial charge in [-0.1, -0.05) is 23.7 Å². The van der Waals surface area contributed by atoms with Gasteiger partial charge in [-0.05, 0) is 25.8 Å². The topological polar surface area (TPSA) is 99.3 Å². The van der Waals surface area contributed by atoms with Crippen LogP contribution in [0, 0.1) is 13.8 Å². The van der Waals surface area contributed by atoms with Crippen molar-refractivity contribution in [3.05, 3.63) is 50.4 Å². The molecule has 0 spiro atoms. The van der Waals surface area contributed by atoms with Crippen LogP contribution in [0.3, 0.4) is 0 Å². The number of nitrogens with zero attached hydrogens (tertiary/aromatic N) is 3. The fourth-order valence-electron chi connectivity index (χ4n) is 2.92. The number of carbonyl (C=O) groups excluding carboxylic acids is 2. The molecule has 8 nitrogen and oxygen atoms in total. The Bertz CT molecular complexity index is 1040. The largest absolute Gasteiger partial charge is 0.465 e. The van der Waals surface area contributed by atoms with Gasteiger partial charge in [0.1, 0.15) is 10.8 Å². The van der Waals surface area contributed by atoms with Gasteiger partial charge in [-0.25, -0.2) is 4.79 Å². The maximum absolute atomic E-state index is 12.9. The molecule has 0 unspecified atom stereocenters. The second kappa shape index (κ2) is 8.15. The molecule has 0 radical (unpaired) electrons. The van der Waals surface area contributed by atoms with E-state index in [1.807, 2.05) is 13.8 Å². The van der Waals surface area contributed by atoms with Gasteiger partial charge in [0.15, 0.2) is 5.69 Å². The zero-order valence-electron chi connectivity index (χ0n) is 15.8. The lowest BCUT2D eigenvalue weighted by Gasteiger charge is -2.07. The van der Waals surface area contributed by atoms with E-state index in [-0.39, 0.29) is 12.2 Å². The summed E-state index contributed by atoms with van der Waals surface area (Å²) in [5, 5.41) is 11.7. The SMILES string of the molecule is CCc1c(C)sc(NC(=O)c2noc(C)c2Cn2cc(Cl)cn2)c1C(=O)OC. The number of nitrogens with one attached hydrogen (secondary N) is 1.